The quantitative estimate of drug-likeness (QED) is 0.378. The second kappa shape index (κ2) is 50.0. The molecule has 0 saturated heterocycles. The van der Waals surface area contributed by atoms with E-state index in [1.165, 1.54) is 0 Å². The van der Waals surface area contributed by atoms with Gasteiger partial charge in [0.15, 0.2) is 0 Å². The third kappa shape index (κ3) is 14.9. The van der Waals surface area contributed by atoms with Gasteiger partial charge in [-0.2, -0.15) is 0 Å². The first kappa shape index (κ1) is 21.8. The molecule has 0 aromatic heterocycles. The molecule has 21 valence electrons. The fraction of sp³-hybridized carbons (Fsp3) is 0. The normalized spacial score (nSPS) is 0.500. The standard InChI is InChI=1S/C2H.CH3.La/c1-2;;/h1H;1H3;/q2*-1;. The van der Waals surface area contributed by atoms with E-state index in [0.717, 1.165) is 0 Å². The van der Waals surface area contributed by atoms with E-state index in [4.69, 9.17) is 6.42 Å². The average Bonchev–Trinajstić information content (AvgIpc) is 1.00. The van der Waals surface area contributed by atoms with Crippen molar-refractivity contribution < 1.29 is 35.6 Å². The van der Waals surface area contributed by atoms with Gasteiger partial charge in [0.1, 0.15) is 0 Å². The number of rotatable bonds is 0. The minimum absolute atomic E-state index is 0. The molecule has 0 aliphatic rings. The second-order valence-electron chi connectivity index (χ2n) is 0. The number of hydrogen-bond acceptors (Lipinski definition) is 0. The first-order valence-electron chi connectivity index (χ1n) is 0.289. The van der Waals surface area contributed by atoms with E-state index in [9.17, 15) is 0 Å². The molecule has 0 unspecified atom stereocenters. The molecule has 0 spiro atoms. The third-order valence-electron chi connectivity index (χ3n) is 0. The van der Waals surface area contributed by atoms with E-state index in [0.29, 0.717) is 0 Å². The largest absolute Gasteiger partial charge is 0.697 e. The predicted molar refractivity (Wildman–Crippen MR) is 14.6 cm³/mol. The molecule has 0 aromatic carbocycles. The first-order valence-corrected chi connectivity index (χ1v) is 0.289. The van der Waals surface area contributed by atoms with Crippen LogP contribution in [0.25, 0.3) is 0 Å². The molecule has 1 radical (unpaired) electrons. The van der Waals surface area contributed by atoms with E-state index in [1.807, 2.05) is 0 Å². The zero-order valence-electron chi connectivity index (χ0n) is 2.65. The SMILES string of the molecule is [C-]#C.[CH3-].[La]. The third-order valence-corrected chi connectivity index (χ3v) is 0. The van der Waals surface area contributed by atoms with Gasteiger partial charge in [0.2, 0.25) is 0 Å². The smallest absolute Gasteiger partial charge is 0 e. The Kier molecular flexibility index (Phi) is 272. The minimum atomic E-state index is 0. The molecule has 0 saturated carbocycles. The van der Waals surface area contributed by atoms with Crippen LogP contribution in [-0.2, 0) is 0 Å². The molecule has 0 N–H and O–H groups in total. The molecule has 1 heteroatoms. The molecule has 0 heterocycles. The van der Waals surface area contributed by atoms with Crippen LogP contribution >= 0.6 is 0 Å². The van der Waals surface area contributed by atoms with Gasteiger partial charge in [-0.3, -0.25) is 0 Å². The van der Waals surface area contributed by atoms with Gasteiger partial charge in [0.25, 0.3) is 0 Å². The molecule has 0 nitrogen and oxygen atoms in total. The number of terminal acetylenes is 1. The first-order chi connectivity index (χ1) is 1.00. The molecular weight excluding hydrogens is 175 g/mol. The summed E-state index contributed by atoms with van der Waals surface area (Å²) in [7, 11) is 0. The van der Waals surface area contributed by atoms with Crippen LogP contribution in [0.15, 0.2) is 0 Å². The van der Waals surface area contributed by atoms with Gasteiger partial charge in [-0.15, -0.1) is 0 Å². The molecule has 0 amide bonds. The van der Waals surface area contributed by atoms with E-state index in [-0.39, 0.29) is 43.0 Å². The van der Waals surface area contributed by atoms with Crippen molar-refractivity contribution in [3.05, 3.63) is 13.9 Å². The molecule has 0 rings (SSSR count). The maximum absolute atomic E-state index is 5.25. The second-order valence-corrected chi connectivity index (χ2v) is 0. The molecule has 4 heavy (non-hydrogen) atoms. The van der Waals surface area contributed by atoms with Gasteiger partial charge in [-0.1, -0.05) is 0 Å². The Bertz CT molecular complexity index is 8.00. The molecule has 0 atom stereocenters. The summed E-state index contributed by atoms with van der Waals surface area (Å²) in [5.74, 6) is 0. The van der Waals surface area contributed by atoms with Crippen LogP contribution in [-0.4, -0.2) is 0 Å². The zero-order chi connectivity index (χ0) is 2.00. The average molecular weight is 179 g/mol. The van der Waals surface area contributed by atoms with E-state index in [2.05, 4.69) is 6.42 Å². The molecule has 0 aromatic rings. The van der Waals surface area contributed by atoms with Crippen LogP contribution in [0, 0.1) is 55.9 Å². The van der Waals surface area contributed by atoms with Gasteiger partial charge in [-0.05, 0) is 0 Å². The van der Waals surface area contributed by atoms with Crippen LogP contribution in [0.4, 0.5) is 0 Å². The van der Waals surface area contributed by atoms with Crippen molar-refractivity contribution >= 4 is 0 Å². The molecule has 0 aliphatic carbocycles. The topological polar surface area (TPSA) is 0 Å². The van der Waals surface area contributed by atoms with Crippen LogP contribution in [0.5, 0.6) is 0 Å². The van der Waals surface area contributed by atoms with Crippen LogP contribution in [0.3, 0.4) is 0 Å². The fourth-order valence-corrected chi connectivity index (χ4v) is 0. The maximum atomic E-state index is 5.25. The predicted octanol–water partition coefficient (Wildman–Crippen LogP) is 0.656. The fourth-order valence-electron chi connectivity index (χ4n) is 0. The molecular formula is C3H4La-2. The summed E-state index contributed by atoms with van der Waals surface area (Å²) in [5, 5.41) is 0. The van der Waals surface area contributed by atoms with E-state index >= 15 is 0 Å². The van der Waals surface area contributed by atoms with Crippen LogP contribution in [0.2, 0.25) is 0 Å². The van der Waals surface area contributed by atoms with Gasteiger partial charge in [0.05, 0.1) is 0 Å². The summed E-state index contributed by atoms with van der Waals surface area (Å²) in [6.45, 7) is 0. The zero-order valence-corrected chi connectivity index (χ0v) is 6.28. The van der Waals surface area contributed by atoms with Crippen LogP contribution < -0.4 is 0 Å². The molecule has 0 aliphatic heterocycles. The van der Waals surface area contributed by atoms with Crippen molar-refractivity contribution in [1.29, 1.82) is 0 Å². The summed E-state index contributed by atoms with van der Waals surface area (Å²) >= 11 is 0. The number of hydrogen-bond donors (Lipinski definition) is 0. The summed E-state index contributed by atoms with van der Waals surface area (Å²) in [4.78, 5) is 0. The summed E-state index contributed by atoms with van der Waals surface area (Å²) in [6.07, 6.45) is 9.00. The Balaban J connectivity index is -0.00000000500. The van der Waals surface area contributed by atoms with Crippen molar-refractivity contribution in [1.82, 2.24) is 0 Å². The Morgan fingerprint density at radius 2 is 1.25 bits per heavy atom. The maximum Gasteiger partial charge on any atom is 0 e. The van der Waals surface area contributed by atoms with Gasteiger partial charge in [-0.25, -0.2) is 0 Å². The van der Waals surface area contributed by atoms with E-state index < -0.39 is 0 Å². The Labute approximate surface area is 55.6 Å². The Hall–Kier alpha value is 0.755. The minimum Gasteiger partial charge on any atom is -0.697 e. The van der Waals surface area contributed by atoms with Crippen LogP contribution in [0.1, 0.15) is 0 Å². The van der Waals surface area contributed by atoms with Crippen molar-refractivity contribution in [2.75, 3.05) is 0 Å². The molecule has 0 bridgehead atoms. The Morgan fingerprint density at radius 3 is 1.25 bits per heavy atom. The van der Waals surface area contributed by atoms with Crippen molar-refractivity contribution in [3.63, 3.8) is 0 Å². The monoisotopic (exact) mass is 179 g/mol. The molecule has 0 fully saturated rings. The van der Waals surface area contributed by atoms with Crippen molar-refractivity contribution in [3.8, 4) is 6.42 Å². The van der Waals surface area contributed by atoms with Gasteiger partial charge < -0.3 is 20.3 Å². The summed E-state index contributed by atoms with van der Waals surface area (Å²) in [6, 6.07) is 0. The van der Waals surface area contributed by atoms with Crippen molar-refractivity contribution in [2.45, 2.75) is 0 Å². The van der Waals surface area contributed by atoms with E-state index in [1.54, 1.807) is 0 Å². The van der Waals surface area contributed by atoms with Gasteiger partial charge in [0, 0.05) is 35.6 Å². The summed E-state index contributed by atoms with van der Waals surface area (Å²) < 4.78 is 0. The Morgan fingerprint density at radius 1 is 1.25 bits per heavy atom. The van der Waals surface area contributed by atoms with Crippen molar-refractivity contribution in [2.24, 2.45) is 0 Å². The van der Waals surface area contributed by atoms with Gasteiger partial charge >= 0.3 is 0 Å². The summed E-state index contributed by atoms with van der Waals surface area (Å²) in [5.41, 5.74) is 0.